The highest BCUT2D eigenvalue weighted by molar-refractivity contribution is 7.89. The van der Waals surface area contributed by atoms with Crippen LogP contribution in [0.4, 0.5) is 8.78 Å². The summed E-state index contributed by atoms with van der Waals surface area (Å²) in [7, 11) is -3.71. The number of nitrogens with zero attached hydrogens (tertiary/aromatic N) is 2. The molecule has 0 saturated carbocycles. The first kappa shape index (κ1) is 26.0. The van der Waals surface area contributed by atoms with Crippen molar-refractivity contribution in [1.29, 1.82) is 0 Å². The fraction of sp³-hybridized carbons (Fsp3) is 0.280. The maximum atomic E-state index is 14.1. The summed E-state index contributed by atoms with van der Waals surface area (Å²) in [6, 6.07) is 17.1. The summed E-state index contributed by atoms with van der Waals surface area (Å²) in [6.07, 6.45) is -0.502. The van der Waals surface area contributed by atoms with Crippen LogP contribution in [0.3, 0.4) is 0 Å². The van der Waals surface area contributed by atoms with Gasteiger partial charge in [-0.25, -0.2) is 17.2 Å². The van der Waals surface area contributed by atoms with E-state index in [0.717, 1.165) is 5.56 Å². The Bertz CT molecular complexity index is 1250. The van der Waals surface area contributed by atoms with Gasteiger partial charge in [0.25, 0.3) is 0 Å². The van der Waals surface area contributed by atoms with Gasteiger partial charge < -0.3 is 4.74 Å². The van der Waals surface area contributed by atoms with Crippen LogP contribution >= 0.6 is 23.2 Å². The van der Waals surface area contributed by atoms with Crippen LogP contribution < -0.4 is 0 Å². The van der Waals surface area contributed by atoms with Gasteiger partial charge in [-0.1, -0.05) is 53.5 Å². The third kappa shape index (κ3) is 6.20. The molecule has 3 aromatic carbocycles. The van der Waals surface area contributed by atoms with Crippen molar-refractivity contribution < 1.29 is 21.9 Å². The van der Waals surface area contributed by atoms with Crippen LogP contribution in [0, 0.1) is 11.6 Å². The van der Waals surface area contributed by atoms with Crippen LogP contribution in [0.15, 0.2) is 71.6 Å². The molecule has 1 aliphatic rings. The van der Waals surface area contributed by atoms with Crippen LogP contribution in [-0.4, -0.2) is 50.3 Å². The Balaban J connectivity index is 1.45. The highest BCUT2D eigenvalue weighted by Crippen LogP contribution is 2.27. The lowest BCUT2D eigenvalue weighted by molar-refractivity contribution is 0.00547. The number of hydrogen-bond donors (Lipinski definition) is 0. The van der Waals surface area contributed by atoms with Crippen LogP contribution in [0.25, 0.3) is 0 Å². The maximum Gasteiger partial charge on any atom is 0.244 e. The Morgan fingerprint density at radius 3 is 2.11 bits per heavy atom. The predicted molar refractivity (Wildman–Crippen MR) is 132 cm³/mol. The summed E-state index contributed by atoms with van der Waals surface area (Å²) in [5.74, 6) is -1.34. The summed E-state index contributed by atoms with van der Waals surface area (Å²) in [5, 5.41) is 0.748. The van der Waals surface area contributed by atoms with Crippen molar-refractivity contribution in [2.75, 3.05) is 32.7 Å². The molecule has 0 aliphatic carbocycles. The zero-order valence-corrected chi connectivity index (χ0v) is 21.0. The minimum atomic E-state index is -3.71. The smallest absolute Gasteiger partial charge is 0.244 e. The summed E-state index contributed by atoms with van der Waals surface area (Å²) >= 11 is 12.1. The van der Waals surface area contributed by atoms with E-state index >= 15 is 0 Å². The first-order valence-electron chi connectivity index (χ1n) is 11.0. The molecule has 186 valence electrons. The van der Waals surface area contributed by atoms with Gasteiger partial charge in [-0.3, -0.25) is 4.90 Å². The quantitative estimate of drug-likeness (QED) is 0.376. The molecule has 0 amide bonds. The lowest BCUT2D eigenvalue weighted by Gasteiger charge is -2.36. The molecule has 1 atom stereocenters. The number of hydrogen-bond acceptors (Lipinski definition) is 4. The highest BCUT2D eigenvalue weighted by Gasteiger charge is 2.31. The molecule has 0 aromatic heterocycles. The van der Waals surface area contributed by atoms with Crippen LogP contribution in [-0.2, 0) is 21.4 Å². The van der Waals surface area contributed by atoms with Crippen molar-refractivity contribution in [3.63, 3.8) is 0 Å². The van der Waals surface area contributed by atoms with E-state index in [4.69, 9.17) is 27.9 Å². The molecule has 1 heterocycles. The fourth-order valence-corrected chi connectivity index (χ4v) is 6.01. The largest absolute Gasteiger partial charge is 0.367 e. The monoisotopic (exact) mass is 540 g/mol. The number of piperazine rings is 1. The fourth-order valence-electron chi connectivity index (χ4n) is 3.97. The number of sulfonamides is 1. The van der Waals surface area contributed by atoms with Crippen LogP contribution in [0.2, 0.25) is 10.0 Å². The molecular formula is C25H24Cl2F2N2O3S. The molecule has 4 rings (SSSR count). The maximum absolute atomic E-state index is 14.1. The zero-order valence-electron chi connectivity index (χ0n) is 18.7. The number of halogens is 4. The molecule has 10 heteroatoms. The molecule has 5 nitrogen and oxygen atoms in total. The highest BCUT2D eigenvalue weighted by atomic mass is 35.5. The van der Waals surface area contributed by atoms with Gasteiger partial charge in [-0.05, 0) is 42.0 Å². The van der Waals surface area contributed by atoms with Gasteiger partial charge in [0, 0.05) is 43.3 Å². The Kier molecular flexibility index (Phi) is 8.42. The van der Waals surface area contributed by atoms with Crippen molar-refractivity contribution in [2.45, 2.75) is 17.6 Å². The van der Waals surface area contributed by atoms with Crippen molar-refractivity contribution in [3.8, 4) is 0 Å². The van der Waals surface area contributed by atoms with E-state index in [9.17, 15) is 17.2 Å². The Morgan fingerprint density at radius 1 is 0.857 bits per heavy atom. The first-order chi connectivity index (χ1) is 16.8. The van der Waals surface area contributed by atoms with E-state index in [2.05, 4.69) is 4.90 Å². The topological polar surface area (TPSA) is 49.9 Å². The third-order valence-corrected chi connectivity index (χ3v) is 8.59. The van der Waals surface area contributed by atoms with Crippen molar-refractivity contribution in [3.05, 3.63) is 99.5 Å². The average molecular weight is 541 g/mol. The van der Waals surface area contributed by atoms with Gasteiger partial charge in [0.05, 0.1) is 17.7 Å². The molecule has 0 N–H and O–H groups in total. The number of rotatable bonds is 8. The SMILES string of the molecule is O=S(=O)(c1ccccc1Cl)N1CCN(C[C@H](OCc2c(F)cccc2F)c2ccc(Cl)cc2)CC1. The van der Waals surface area contributed by atoms with Gasteiger partial charge in [0.1, 0.15) is 16.5 Å². The second kappa shape index (κ2) is 11.3. The van der Waals surface area contributed by atoms with Gasteiger partial charge >= 0.3 is 0 Å². The molecule has 0 radical (unpaired) electrons. The molecule has 0 spiro atoms. The van der Waals surface area contributed by atoms with E-state index in [1.54, 1.807) is 30.3 Å². The first-order valence-corrected chi connectivity index (χ1v) is 13.2. The second-order valence-electron chi connectivity index (χ2n) is 8.19. The van der Waals surface area contributed by atoms with Gasteiger partial charge in [0.15, 0.2) is 0 Å². The summed E-state index contributed by atoms with van der Waals surface area (Å²) < 4.78 is 61.7. The molecule has 1 saturated heterocycles. The minimum absolute atomic E-state index is 0.0874. The molecule has 0 unspecified atom stereocenters. The zero-order chi connectivity index (χ0) is 25.0. The minimum Gasteiger partial charge on any atom is -0.367 e. The lowest BCUT2D eigenvalue weighted by atomic mass is 10.1. The summed E-state index contributed by atoms with van der Waals surface area (Å²) in [4.78, 5) is 2.15. The molecule has 35 heavy (non-hydrogen) atoms. The molecular weight excluding hydrogens is 517 g/mol. The molecule has 1 fully saturated rings. The molecule has 3 aromatic rings. The van der Waals surface area contributed by atoms with Crippen molar-refractivity contribution >= 4 is 33.2 Å². The number of benzene rings is 3. The predicted octanol–water partition coefficient (Wildman–Crippen LogP) is 5.54. The summed E-state index contributed by atoms with van der Waals surface area (Å²) in [5.41, 5.74) is 0.666. The van der Waals surface area contributed by atoms with Gasteiger partial charge in [0.2, 0.25) is 10.0 Å². The molecule has 0 bridgehead atoms. The average Bonchev–Trinajstić information content (AvgIpc) is 2.84. The third-order valence-electron chi connectivity index (χ3n) is 5.94. The van der Waals surface area contributed by atoms with E-state index in [-0.39, 0.29) is 35.2 Å². The summed E-state index contributed by atoms with van der Waals surface area (Å²) in [6.45, 7) is 1.66. The van der Waals surface area contributed by atoms with Gasteiger partial charge in [-0.15, -0.1) is 0 Å². The van der Waals surface area contributed by atoms with Crippen LogP contribution in [0.1, 0.15) is 17.2 Å². The van der Waals surface area contributed by atoms with E-state index < -0.39 is 27.8 Å². The van der Waals surface area contributed by atoms with E-state index in [0.29, 0.717) is 24.7 Å². The van der Waals surface area contributed by atoms with Crippen molar-refractivity contribution in [2.24, 2.45) is 0 Å². The van der Waals surface area contributed by atoms with Gasteiger partial charge in [-0.2, -0.15) is 4.31 Å². The molecule has 1 aliphatic heterocycles. The second-order valence-corrected chi connectivity index (χ2v) is 10.9. The Labute approximate surface area is 213 Å². The van der Waals surface area contributed by atoms with Crippen molar-refractivity contribution in [1.82, 2.24) is 9.21 Å². The standard InChI is InChI=1S/C25H24Cl2F2N2O3S/c26-19-10-8-18(9-11-19)24(34-17-20-22(28)5-3-6-23(20)29)16-30-12-14-31(15-13-30)35(32,33)25-7-2-1-4-21(25)27/h1-11,24H,12-17H2/t24-/m0/s1. The van der Waals surface area contributed by atoms with E-state index in [1.165, 1.54) is 28.6 Å². The van der Waals surface area contributed by atoms with E-state index in [1.807, 2.05) is 12.1 Å². The Hall–Kier alpha value is -2.07. The number of ether oxygens (including phenoxy) is 1. The lowest BCUT2D eigenvalue weighted by Crippen LogP contribution is -2.49. The van der Waals surface area contributed by atoms with Crippen LogP contribution in [0.5, 0.6) is 0 Å². The Morgan fingerprint density at radius 2 is 1.49 bits per heavy atom. The normalized spacial score (nSPS) is 16.3.